The fourth-order valence-electron chi connectivity index (χ4n) is 6.82. The zero-order valence-corrected chi connectivity index (χ0v) is 24.5. The van der Waals surface area contributed by atoms with Crippen LogP contribution in [0.5, 0.6) is 5.75 Å². The van der Waals surface area contributed by atoms with E-state index < -0.39 is 34.8 Å². The van der Waals surface area contributed by atoms with Crippen LogP contribution in [0.3, 0.4) is 0 Å². The smallest absolute Gasteiger partial charge is 0.251 e. The normalized spacial score (nSPS) is 26.5. The van der Waals surface area contributed by atoms with Crippen molar-refractivity contribution in [2.75, 3.05) is 13.6 Å². The Morgan fingerprint density at radius 2 is 1.81 bits per heavy atom. The molecule has 9 heteroatoms. The third-order valence-electron chi connectivity index (χ3n) is 9.17. The lowest BCUT2D eigenvalue weighted by atomic mass is 9.82. The van der Waals surface area contributed by atoms with Crippen LogP contribution in [0.2, 0.25) is 5.02 Å². The van der Waals surface area contributed by atoms with Crippen LogP contribution in [0.25, 0.3) is 11.1 Å². The van der Waals surface area contributed by atoms with E-state index in [0.717, 1.165) is 18.4 Å². The van der Waals surface area contributed by atoms with Gasteiger partial charge in [-0.1, -0.05) is 41.9 Å². The van der Waals surface area contributed by atoms with Gasteiger partial charge in [-0.2, -0.15) is 0 Å². The summed E-state index contributed by atoms with van der Waals surface area (Å²) in [5.74, 6) is -1.75. The van der Waals surface area contributed by atoms with Gasteiger partial charge in [-0.3, -0.25) is 4.79 Å². The highest BCUT2D eigenvalue weighted by Gasteiger charge is 2.45. The maximum Gasteiger partial charge on any atom is 0.251 e. The molecule has 0 spiro atoms. The summed E-state index contributed by atoms with van der Waals surface area (Å²) in [4.78, 5) is 13.1. The van der Waals surface area contributed by atoms with Crippen molar-refractivity contribution in [3.05, 3.63) is 86.9 Å². The molecule has 1 aliphatic heterocycles. The second-order valence-corrected chi connectivity index (χ2v) is 12.6. The summed E-state index contributed by atoms with van der Waals surface area (Å²) < 4.78 is 38.5. The first kappa shape index (κ1) is 29.1. The molecule has 1 amide bonds. The fourth-order valence-corrected chi connectivity index (χ4v) is 7.09. The van der Waals surface area contributed by atoms with Gasteiger partial charge in [-0.25, -0.2) is 8.78 Å². The molecule has 3 aliphatic rings. The van der Waals surface area contributed by atoms with Crippen molar-refractivity contribution in [1.29, 1.82) is 0 Å². The van der Waals surface area contributed by atoms with Crippen molar-refractivity contribution in [2.24, 2.45) is 0 Å². The second-order valence-electron chi connectivity index (χ2n) is 12.2. The molecule has 0 bridgehead atoms. The largest absolute Gasteiger partial charge is 0.480 e. The van der Waals surface area contributed by atoms with E-state index >= 15 is 8.78 Å². The first-order valence-electron chi connectivity index (χ1n) is 14.5. The van der Waals surface area contributed by atoms with E-state index in [-0.39, 0.29) is 52.8 Å². The highest BCUT2D eigenvalue weighted by Crippen LogP contribution is 2.51. The molecule has 3 aromatic carbocycles. The molecule has 0 radical (unpaired) electrons. The summed E-state index contributed by atoms with van der Waals surface area (Å²) in [6, 6.07) is 12.6. The first-order chi connectivity index (χ1) is 20.0. The van der Waals surface area contributed by atoms with Crippen LogP contribution in [0.4, 0.5) is 8.78 Å². The van der Waals surface area contributed by atoms with E-state index in [1.807, 2.05) is 37.3 Å². The van der Waals surface area contributed by atoms with Gasteiger partial charge in [0.05, 0.1) is 22.3 Å². The summed E-state index contributed by atoms with van der Waals surface area (Å²) in [6.07, 6.45) is 2.79. The summed E-state index contributed by atoms with van der Waals surface area (Å²) in [7, 11) is 1.45. The van der Waals surface area contributed by atoms with Gasteiger partial charge in [0.2, 0.25) is 0 Å². The predicted octanol–water partition coefficient (Wildman–Crippen LogP) is 5.22. The van der Waals surface area contributed by atoms with Crippen LogP contribution in [0.1, 0.15) is 65.2 Å². The standard InChI is InChI=1S/C33H35ClF2N2O4/c1-32(41)10-8-20(9-11-32)38-17-33(19-6-4-3-5-7-19)16-24-26(42-33)15-25(35)29(34)27(24)28-23(31(40)37-2)13-18-12-21(39)14-22(18)30(28)36/h3-7,13,15,20-21,38-39,41H,8-12,14,16-17H2,1-2H3,(H,37,40)/t20-,21?,32-,33-/m1/s1. The molecule has 222 valence electrons. The Balaban J connectivity index is 1.46. The van der Waals surface area contributed by atoms with E-state index in [1.165, 1.54) is 13.1 Å². The highest BCUT2D eigenvalue weighted by atomic mass is 35.5. The molecule has 1 heterocycles. The minimum Gasteiger partial charge on any atom is -0.480 e. The average molecular weight is 597 g/mol. The Morgan fingerprint density at radius 1 is 1.10 bits per heavy atom. The molecule has 6 nitrogen and oxygen atoms in total. The molecule has 3 aromatic rings. The minimum atomic E-state index is -0.952. The first-order valence-corrected chi connectivity index (χ1v) is 14.9. The van der Waals surface area contributed by atoms with Crippen LogP contribution in [-0.2, 0) is 24.9 Å². The van der Waals surface area contributed by atoms with Gasteiger partial charge in [-0.15, -0.1) is 0 Å². The van der Waals surface area contributed by atoms with Gasteiger partial charge in [0, 0.05) is 55.2 Å². The van der Waals surface area contributed by atoms with Crippen molar-refractivity contribution in [3.8, 4) is 16.9 Å². The molecule has 0 aromatic heterocycles. The zero-order valence-electron chi connectivity index (χ0n) is 23.7. The fraction of sp³-hybridized carbons (Fsp3) is 0.424. The van der Waals surface area contributed by atoms with Gasteiger partial charge in [0.1, 0.15) is 17.4 Å². The molecule has 0 saturated heterocycles. The minimum absolute atomic E-state index is 0.0298. The second kappa shape index (κ2) is 10.9. The quantitative estimate of drug-likeness (QED) is 0.313. The maximum absolute atomic E-state index is 16.4. The molecular formula is C33H35ClF2N2O4. The third-order valence-corrected chi connectivity index (χ3v) is 9.54. The van der Waals surface area contributed by atoms with Gasteiger partial charge < -0.3 is 25.6 Å². The van der Waals surface area contributed by atoms with E-state index in [2.05, 4.69) is 10.6 Å². The van der Waals surface area contributed by atoms with Crippen LogP contribution in [0, 0.1) is 11.6 Å². The third kappa shape index (κ3) is 5.08. The van der Waals surface area contributed by atoms with Crippen molar-refractivity contribution < 1.29 is 28.5 Å². The molecule has 2 aliphatic carbocycles. The van der Waals surface area contributed by atoms with Crippen LogP contribution in [-0.4, -0.2) is 47.5 Å². The number of aliphatic hydroxyl groups is 2. The lowest BCUT2D eigenvalue weighted by Gasteiger charge is -2.36. The molecule has 1 unspecified atom stereocenters. The summed E-state index contributed by atoms with van der Waals surface area (Å²) >= 11 is 6.63. The Bertz CT molecular complexity index is 1540. The number of ether oxygens (including phenoxy) is 1. The van der Waals surface area contributed by atoms with Crippen LogP contribution in [0.15, 0.2) is 42.5 Å². The number of aliphatic hydroxyl groups excluding tert-OH is 1. The van der Waals surface area contributed by atoms with E-state index in [9.17, 15) is 15.0 Å². The predicted molar refractivity (Wildman–Crippen MR) is 157 cm³/mol. The number of benzene rings is 3. The summed E-state index contributed by atoms with van der Waals surface area (Å²) in [5, 5.41) is 26.6. The molecule has 4 N–H and O–H groups in total. The van der Waals surface area contributed by atoms with E-state index in [0.29, 0.717) is 36.1 Å². The average Bonchev–Trinajstić information content (AvgIpc) is 3.54. The van der Waals surface area contributed by atoms with Gasteiger partial charge in [0.15, 0.2) is 5.60 Å². The maximum atomic E-state index is 16.4. The lowest BCUT2D eigenvalue weighted by molar-refractivity contribution is 0.0104. The number of amides is 1. The number of rotatable bonds is 6. The Hall–Kier alpha value is -3.04. The SMILES string of the molecule is CNC(=O)c1cc2c(c(F)c1-c1c(Cl)c(F)cc3c1C[C@@](CN[C@H]1CC[C@](C)(O)CC1)(c1ccccc1)O3)CC(O)C2. The van der Waals surface area contributed by atoms with E-state index in [4.69, 9.17) is 16.3 Å². The number of carbonyl (C=O) groups is 1. The molecule has 6 rings (SSSR count). The Labute approximate surface area is 249 Å². The van der Waals surface area contributed by atoms with Crippen molar-refractivity contribution in [2.45, 2.75) is 75.2 Å². The number of fused-ring (bicyclic) bond motifs is 2. The highest BCUT2D eigenvalue weighted by molar-refractivity contribution is 6.34. The number of hydrogen-bond donors (Lipinski definition) is 4. The Morgan fingerprint density at radius 3 is 2.50 bits per heavy atom. The number of nitrogens with one attached hydrogen (secondary N) is 2. The number of hydrogen-bond acceptors (Lipinski definition) is 5. The Kier molecular flexibility index (Phi) is 7.54. The van der Waals surface area contributed by atoms with Crippen molar-refractivity contribution in [3.63, 3.8) is 0 Å². The van der Waals surface area contributed by atoms with Crippen molar-refractivity contribution in [1.82, 2.24) is 10.6 Å². The summed E-state index contributed by atoms with van der Waals surface area (Å²) in [5.41, 5.74) is 0.658. The van der Waals surface area contributed by atoms with E-state index in [1.54, 1.807) is 6.07 Å². The topological polar surface area (TPSA) is 90.8 Å². The van der Waals surface area contributed by atoms with Gasteiger partial charge >= 0.3 is 0 Å². The van der Waals surface area contributed by atoms with Gasteiger partial charge in [-0.05, 0) is 61.8 Å². The number of carbonyl (C=O) groups excluding carboxylic acids is 1. The van der Waals surface area contributed by atoms with Crippen molar-refractivity contribution >= 4 is 17.5 Å². The molecule has 1 fully saturated rings. The number of halogens is 3. The molecule has 1 saturated carbocycles. The zero-order chi connectivity index (χ0) is 29.8. The molecule has 42 heavy (non-hydrogen) atoms. The lowest BCUT2D eigenvalue weighted by Crippen LogP contribution is -2.48. The van der Waals surface area contributed by atoms with Crippen LogP contribution < -0.4 is 15.4 Å². The summed E-state index contributed by atoms with van der Waals surface area (Å²) in [6.45, 7) is 2.25. The molecule has 2 atom stereocenters. The molecular weight excluding hydrogens is 562 g/mol. The van der Waals surface area contributed by atoms with Crippen LogP contribution >= 0.6 is 11.6 Å². The monoisotopic (exact) mass is 596 g/mol. The van der Waals surface area contributed by atoms with Gasteiger partial charge in [0.25, 0.3) is 5.91 Å².